The van der Waals surface area contributed by atoms with Crippen LogP contribution in [0.3, 0.4) is 0 Å². The van der Waals surface area contributed by atoms with E-state index in [0.29, 0.717) is 0 Å². The van der Waals surface area contributed by atoms with Crippen molar-refractivity contribution in [1.82, 2.24) is 4.98 Å². The van der Waals surface area contributed by atoms with Crippen LogP contribution in [0.2, 0.25) is 0 Å². The summed E-state index contributed by atoms with van der Waals surface area (Å²) in [6, 6.07) is 13.5. The van der Waals surface area contributed by atoms with Gasteiger partial charge in [-0.05, 0) is 31.0 Å². The van der Waals surface area contributed by atoms with E-state index in [1.54, 1.807) is 19.1 Å². The molecule has 2 aromatic rings. The summed E-state index contributed by atoms with van der Waals surface area (Å²) >= 11 is 0. The molecule has 3 heteroatoms. The van der Waals surface area contributed by atoms with Crippen molar-refractivity contribution in [2.24, 2.45) is 0 Å². The zero-order chi connectivity index (χ0) is 15.9. The minimum Gasteiger partial charge on any atom is -0.445 e. The van der Waals surface area contributed by atoms with E-state index >= 15 is 0 Å². The minimum absolute atomic E-state index is 0.261. The van der Waals surface area contributed by atoms with Crippen LogP contribution >= 0.6 is 0 Å². The Bertz CT molecular complexity index is 683. The van der Waals surface area contributed by atoms with Crippen molar-refractivity contribution < 1.29 is 9.53 Å². The molecular formula is C19H19NO2. The van der Waals surface area contributed by atoms with Crippen molar-refractivity contribution in [2.45, 2.75) is 32.8 Å². The van der Waals surface area contributed by atoms with Crippen LogP contribution in [0.25, 0.3) is 11.3 Å². The maximum absolute atomic E-state index is 12.0. The van der Waals surface area contributed by atoms with Crippen LogP contribution in [0.1, 0.15) is 36.3 Å². The first-order chi connectivity index (χ1) is 10.6. The largest absolute Gasteiger partial charge is 0.445 e. The molecule has 0 aliphatic carbocycles. The Morgan fingerprint density at radius 2 is 2.00 bits per heavy atom. The second-order valence-electron chi connectivity index (χ2n) is 5.07. The fraction of sp³-hybridized carbons (Fsp3) is 0.263. The Morgan fingerprint density at radius 1 is 1.27 bits per heavy atom. The quantitative estimate of drug-likeness (QED) is 0.620. The Kier molecular flexibility index (Phi) is 5.32. The van der Waals surface area contributed by atoms with Crippen molar-refractivity contribution in [3.63, 3.8) is 0 Å². The summed E-state index contributed by atoms with van der Waals surface area (Å²) in [5, 5.41) is 0. The monoisotopic (exact) mass is 293 g/mol. The molecule has 0 aliphatic heterocycles. The zero-order valence-electron chi connectivity index (χ0n) is 12.9. The number of terminal acetylenes is 1. The first kappa shape index (κ1) is 15.8. The van der Waals surface area contributed by atoms with E-state index in [-0.39, 0.29) is 5.69 Å². The SMILES string of the molecule is C#C[C@H](C)OC(=O)c1cccc(-c2ccc(CCC)cc2)n1. The summed E-state index contributed by atoms with van der Waals surface area (Å²) in [6.07, 6.45) is 6.82. The molecule has 0 bridgehead atoms. The van der Waals surface area contributed by atoms with Gasteiger partial charge in [-0.2, -0.15) is 0 Å². The molecule has 0 fully saturated rings. The predicted octanol–water partition coefficient (Wildman–Crippen LogP) is 3.88. The maximum atomic E-state index is 12.0. The van der Waals surface area contributed by atoms with Crippen molar-refractivity contribution >= 4 is 5.97 Å². The van der Waals surface area contributed by atoms with Gasteiger partial charge in [-0.25, -0.2) is 9.78 Å². The third-order valence-electron chi connectivity index (χ3n) is 3.27. The van der Waals surface area contributed by atoms with Crippen LogP contribution < -0.4 is 0 Å². The molecule has 0 unspecified atom stereocenters. The molecule has 22 heavy (non-hydrogen) atoms. The molecule has 1 aromatic carbocycles. The number of aryl methyl sites for hydroxylation is 1. The summed E-state index contributed by atoms with van der Waals surface area (Å²) in [5.41, 5.74) is 3.27. The van der Waals surface area contributed by atoms with E-state index in [2.05, 4.69) is 30.0 Å². The molecule has 1 atom stereocenters. The number of carbonyl (C=O) groups excluding carboxylic acids is 1. The number of hydrogen-bond acceptors (Lipinski definition) is 3. The first-order valence-electron chi connectivity index (χ1n) is 7.37. The number of carbonyl (C=O) groups is 1. The van der Waals surface area contributed by atoms with Gasteiger partial charge >= 0.3 is 5.97 Å². The molecule has 2 rings (SSSR count). The van der Waals surface area contributed by atoms with E-state index in [9.17, 15) is 4.79 Å². The van der Waals surface area contributed by atoms with Gasteiger partial charge in [0.1, 0.15) is 5.69 Å². The standard InChI is InChI=1S/C19H19NO2/c1-4-7-15-10-12-16(13-11-15)17-8-6-9-18(20-17)19(21)22-14(3)5-2/h2,6,8-14H,4,7H2,1,3H3/t14-/m0/s1. The second kappa shape index (κ2) is 7.42. The van der Waals surface area contributed by atoms with Crippen LogP contribution in [-0.2, 0) is 11.2 Å². The van der Waals surface area contributed by atoms with Crippen molar-refractivity contribution in [1.29, 1.82) is 0 Å². The molecule has 112 valence electrons. The van der Waals surface area contributed by atoms with E-state index in [0.717, 1.165) is 24.1 Å². The fourth-order valence-electron chi connectivity index (χ4n) is 2.09. The third-order valence-corrected chi connectivity index (χ3v) is 3.27. The van der Waals surface area contributed by atoms with Crippen molar-refractivity contribution in [3.8, 4) is 23.6 Å². The van der Waals surface area contributed by atoms with Crippen molar-refractivity contribution in [3.05, 3.63) is 53.7 Å². The molecule has 0 saturated carbocycles. The third kappa shape index (κ3) is 3.95. The minimum atomic E-state index is -0.564. The Hall–Kier alpha value is -2.60. The molecule has 1 heterocycles. The molecule has 0 spiro atoms. The van der Waals surface area contributed by atoms with E-state index in [1.165, 1.54) is 5.56 Å². The lowest BCUT2D eigenvalue weighted by atomic mass is 10.1. The normalized spacial score (nSPS) is 11.5. The molecular weight excluding hydrogens is 274 g/mol. The van der Waals surface area contributed by atoms with Crippen LogP contribution in [0.5, 0.6) is 0 Å². The molecule has 1 aromatic heterocycles. The number of hydrogen-bond donors (Lipinski definition) is 0. The average Bonchev–Trinajstić information content (AvgIpc) is 2.56. The van der Waals surface area contributed by atoms with Gasteiger partial charge in [0.2, 0.25) is 0 Å². The zero-order valence-corrected chi connectivity index (χ0v) is 12.9. The van der Waals surface area contributed by atoms with Crippen LogP contribution in [-0.4, -0.2) is 17.1 Å². The van der Waals surface area contributed by atoms with Gasteiger partial charge in [0.05, 0.1) is 5.69 Å². The van der Waals surface area contributed by atoms with Crippen LogP contribution in [0.4, 0.5) is 0 Å². The molecule has 0 N–H and O–H groups in total. The average molecular weight is 293 g/mol. The molecule has 0 saturated heterocycles. The maximum Gasteiger partial charge on any atom is 0.358 e. The van der Waals surface area contributed by atoms with Gasteiger partial charge in [0.25, 0.3) is 0 Å². The number of pyridine rings is 1. The number of rotatable bonds is 5. The fourth-order valence-corrected chi connectivity index (χ4v) is 2.09. The second-order valence-corrected chi connectivity index (χ2v) is 5.07. The molecule has 0 radical (unpaired) electrons. The Morgan fingerprint density at radius 3 is 2.64 bits per heavy atom. The highest BCUT2D eigenvalue weighted by atomic mass is 16.5. The summed E-state index contributed by atoms with van der Waals surface area (Å²) in [4.78, 5) is 16.3. The lowest BCUT2D eigenvalue weighted by Gasteiger charge is -2.08. The van der Waals surface area contributed by atoms with Crippen LogP contribution in [0.15, 0.2) is 42.5 Å². The smallest absolute Gasteiger partial charge is 0.358 e. The number of nitrogens with zero attached hydrogens (tertiary/aromatic N) is 1. The summed E-state index contributed by atoms with van der Waals surface area (Å²) in [6.45, 7) is 3.80. The predicted molar refractivity (Wildman–Crippen MR) is 87.4 cm³/mol. The first-order valence-corrected chi connectivity index (χ1v) is 7.37. The Labute approximate surface area is 131 Å². The van der Waals surface area contributed by atoms with Crippen molar-refractivity contribution in [2.75, 3.05) is 0 Å². The number of esters is 1. The van der Waals surface area contributed by atoms with Gasteiger partial charge in [-0.3, -0.25) is 0 Å². The lowest BCUT2D eigenvalue weighted by Crippen LogP contribution is -2.14. The van der Waals surface area contributed by atoms with E-state index in [1.807, 2.05) is 18.2 Å². The summed E-state index contributed by atoms with van der Waals surface area (Å²) in [7, 11) is 0. The molecule has 0 amide bonds. The number of ether oxygens (including phenoxy) is 1. The van der Waals surface area contributed by atoms with Gasteiger partial charge in [0.15, 0.2) is 6.10 Å². The van der Waals surface area contributed by atoms with E-state index in [4.69, 9.17) is 11.2 Å². The van der Waals surface area contributed by atoms with Gasteiger partial charge in [-0.15, -0.1) is 6.42 Å². The highest BCUT2D eigenvalue weighted by Crippen LogP contribution is 2.19. The number of benzene rings is 1. The topological polar surface area (TPSA) is 39.2 Å². The van der Waals surface area contributed by atoms with Gasteiger partial charge in [0, 0.05) is 5.56 Å². The molecule has 0 aliphatic rings. The summed E-state index contributed by atoms with van der Waals surface area (Å²) < 4.78 is 5.09. The van der Waals surface area contributed by atoms with Gasteiger partial charge < -0.3 is 4.74 Å². The Balaban J connectivity index is 2.21. The lowest BCUT2D eigenvalue weighted by molar-refractivity contribution is 0.0432. The highest BCUT2D eigenvalue weighted by Gasteiger charge is 2.12. The number of aromatic nitrogens is 1. The van der Waals surface area contributed by atoms with E-state index < -0.39 is 12.1 Å². The van der Waals surface area contributed by atoms with Crippen LogP contribution in [0, 0.1) is 12.3 Å². The molecule has 3 nitrogen and oxygen atoms in total. The summed E-state index contributed by atoms with van der Waals surface area (Å²) in [5.74, 6) is 1.85. The highest BCUT2D eigenvalue weighted by molar-refractivity contribution is 5.88. The van der Waals surface area contributed by atoms with Gasteiger partial charge in [-0.1, -0.05) is 49.6 Å².